The van der Waals surface area contributed by atoms with Gasteiger partial charge in [0.25, 0.3) is 5.91 Å². The van der Waals surface area contributed by atoms with Gasteiger partial charge in [-0.25, -0.2) is 0 Å². The van der Waals surface area contributed by atoms with Crippen LogP contribution in [0.4, 0.5) is 0 Å². The summed E-state index contributed by atoms with van der Waals surface area (Å²) in [4.78, 5) is 11.7. The van der Waals surface area contributed by atoms with Gasteiger partial charge in [0.05, 0.1) is 10.6 Å². The summed E-state index contributed by atoms with van der Waals surface area (Å²) in [6.45, 7) is 0.832. The molecule has 1 aromatic rings. The fourth-order valence-corrected chi connectivity index (χ4v) is 2.25. The van der Waals surface area contributed by atoms with E-state index in [4.69, 9.17) is 16.7 Å². The van der Waals surface area contributed by atoms with Crippen LogP contribution in [0.3, 0.4) is 0 Å². The van der Waals surface area contributed by atoms with Gasteiger partial charge in [-0.05, 0) is 24.3 Å². The highest BCUT2D eigenvalue weighted by Crippen LogP contribution is 2.14. The fraction of sp³-hybridized carbons (Fsp3) is 0.417. The summed E-state index contributed by atoms with van der Waals surface area (Å²) in [5, 5.41) is 11.9. The predicted molar refractivity (Wildman–Crippen MR) is 72.8 cm³/mol. The van der Waals surface area contributed by atoms with E-state index < -0.39 is 0 Å². The average Bonchev–Trinajstić information content (AvgIpc) is 2.34. The molecule has 0 aromatic heterocycles. The Balaban J connectivity index is 2.24. The highest BCUT2D eigenvalue weighted by Gasteiger charge is 2.07. The van der Waals surface area contributed by atoms with E-state index in [2.05, 4.69) is 5.32 Å². The van der Waals surface area contributed by atoms with Crippen LogP contribution in [-0.4, -0.2) is 35.7 Å². The van der Waals surface area contributed by atoms with Crippen molar-refractivity contribution in [2.24, 2.45) is 0 Å². The molecule has 0 aliphatic rings. The Hall–Kier alpha value is -0.710. The van der Waals surface area contributed by atoms with Crippen LogP contribution in [0.5, 0.6) is 0 Å². The zero-order valence-electron chi connectivity index (χ0n) is 9.49. The number of amides is 1. The molecule has 1 rings (SSSR count). The second-order valence-electron chi connectivity index (χ2n) is 3.43. The maximum Gasteiger partial charge on any atom is 0.252 e. The van der Waals surface area contributed by atoms with Crippen molar-refractivity contribution in [1.29, 1.82) is 0 Å². The molecular formula is C12H16ClNO2S. The third kappa shape index (κ3) is 5.44. The topological polar surface area (TPSA) is 49.3 Å². The standard InChI is InChI=1S/C12H16ClNO2S/c13-11-5-2-1-4-10(11)12(16)14-6-9-17-8-3-7-15/h1-2,4-5,15H,3,6-9H2,(H,14,16). The van der Waals surface area contributed by atoms with Crippen LogP contribution in [0.15, 0.2) is 24.3 Å². The SMILES string of the molecule is O=C(NCCSCCCO)c1ccccc1Cl. The van der Waals surface area contributed by atoms with Crippen molar-refractivity contribution in [3.8, 4) is 0 Å². The minimum absolute atomic E-state index is 0.140. The maximum absolute atomic E-state index is 11.7. The van der Waals surface area contributed by atoms with E-state index in [1.54, 1.807) is 36.0 Å². The van der Waals surface area contributed by atoms with Crippen molar-refractivity contribution in [3.05, 3.63) is 34.9 Å². The Bertz CT molecular complexity index is 360. The van der Waals surface area contributed by atoms with Crippen LogP contribution < -0.4 is 5.32 Å². The molecule has 3 nitrogen and oxygen atoms in total. The predicted octanol–water partition coefficient (Wildman–Crippen LogP) is 2.19. The van der Waals surface area contributed by atoms with Crippen LogP contribution in [0.2, 0.25) is 5.02 Å². The van der Waals surface area contributed by atoms with Crippen LogP contribution in [0, 0.1) is 0 Å². The zero-order valence-corrected chi connectivity index (χ0v) is 11.1. The number of carbonyl (C=O) groups is 1. The summed E-state index contributed by atoms with van der Waals surface area (Å²) in [6.07, 6.45) is 0.795. The number of aliphatic hydroxyl groups is 1. The third-order valence-electron chi connectivity index (χ3n) is 2.10. The Morgan fingerprint density at radius 3 is 2.82 bits per heavy atom. The second kappa shape index (κ2) is 8.39. The lowest BCUT2D eigenvalue weighted by Crippen LogP contribution is -2.26. The van der Waals surface area contributed by atoms with Gasteiger partial charge in [0.2, 0.25) is 0 Å². The van der Waals surface area contributed by atoms with Gasteiger partial charge in [0.15, 0.2) is 0 Å². The number of nitrogens with one attached hydrogen (secondary N) is 1. The Labute approximate surface area is 111 Å². The van der Waals surface area contributed by atoms with Crippen molar-refractivity contribution in [2.45, 2.75) is 6.42 Å². The van der Waals surface area contributed by atoms with Crippen LogP contribution in [0.25, 0.3) is 0 Å². The van der Waals surface area contributed by atoms with Gasteiger partial charge >= 0.3 is 0 Å². The van der Waals surface area contributed by atoms with Gasteiger partial charge in [-0.2, -0.15) is 11.8 Å². The number of rotatable bonds is 7. The molecule has 0 bridgehead atoms. The Kier molecular flexibility index (Phi) is 7.08. The molecular weight excluding hydrogens is 258 g/mol. The van der Waals surface area contributed by atoms with E-state index >= 15 is 0 Å². The van der Waals surface area contributed by atoms with Crippen molar-refractivity contribution in [2.75, 3.05) is 24.7 Å². The van der Waals surface area contributed by atoms with E-state index in [1.807, 2.05) is 0 Å². The van der Waals surface area contributed by atoms with Crippen LogP contribution in [0.1, 0.15) is 16.8 Å². The molecule has 1 aromatic carbocycles. The summed E-state index contributed by atoms with van der Waals surface area (Å²) in [7, 11) is 0. The minimum atomic E-state index is -0.140. The molecule has 5 heteroatoms. The molecule has 0 unspecified atom stereocenters. The Morgan fingerprint density at radius 2 is 2.12 bits per heavy atom. The number of benzene rings is 1. The van der Waals surface area contributed by atoms with E-state index in [9.17, 15) is 4.79 Å². The zero-order chi connectivity index (χ0) is 12.5. The normalized spacial score (nSPS) is 10.2. The van der Waals surface area contributed by atoms with Gasteiger partial charge in [-0.15, -0.1) is 0 Å². The minimum Gasteiger partial charge on any atom is -0.396 e. The summed E-state index contributed by atoms with van der Waals surface area (Å²) in [5.41, 5.74) is 0.509. The molecule has 0 atom stereocenters. The smallest absolute Gasteiger partial charge is 0.252 e. The number of aliphatic hydroxyl groups excluding tert-OH is 1. The van der Waals surface area contributed by atoms with Crippen molar-refractivity contribution in [1.82, 2.24) is 5.32 Å². The van der Waals surface area contributed by atoms with Gasteiger partial charge in [0.1, 0.15) is 0 Å². The first-order chi connectivity index (χ1) is 8.25. The molecule has 0 fully saturated rings. The first kappa shape index (κ1) is 14.4. The summed E-state index contributed by atoms with van der Waals surface area (Å²) in [5.74, 6) is 1.62. The highest BCUT2D eigenvalue weighted by molar-refractivity contribution is 7.99. The monoisotopic (exact) mass is 273 g/mol. The number of hydrogen-bond acceptors (Lipinski definition) is 3. The quantitative estimate of drug-likeness (QED) is 0.749. The maximum atomic E-state index is 11.7. The lowest BCUT2D eigenvalue weighted by atomic mass is 10.2. The Morgan fingerprint density at radius 1 is 1.35 bits per heavy atom. The van der Waals surface area contributed by atoms with Crippen molar-refractivity contribution in [3.63, 3.8) is 0 Å². The fourth-order valence-electron chi connectivity index (χ4n) is 1.25. The number of hydrogen-bond donors (Lipinski definition) is 2. The van der Waals surface area contributed by atoms with E-state index in [0.29, 0.717) is 17.1 Å². The molecule has 0 spiro atoms. The number of carbonyl (C=O) groups excluding carboxylic acids is 1. The van der Waals surface area contributed by atoms with Crippen molar-refractivity contribution >= 4 is 29.3 Å². The summed E-state index contributed by atoms with van der Waals surface area (Å²) in [6, 6.07) is 6.99. The lowest BCUT2D eigenvalue weighted by molar-refractivity contribution is 0.0956. The van der Waals surface area contributed by atoms with E-state index in [-0.39, 0.29) is 12.5 Å². The molecule has 0 heterocycles. The first-order valence-electron chi connectivity index (χ1n) is 5.47. The van der Waals surface area contributed by atoms with Gasteiger partial charge < -0.3 is 10.4 Å². The molecule has 1 amide bonds. The third-order valence-corrected chi connectivity index (χ3v) is 3.50. The molecule has 0 aliphatic heterocycles. The summed E-state index contributed by atoms with van der Waals surface area (Å²) < 4.78 is 0. The first-order valence-corrected chi connectivity index (χ1v) is 7.00. The molecule has 17 heavy (non-hydrogen) atoms. The largest absolute Gasteiger partial charge is 0.396 e. The van der Waals surface area contributed by atoms with Gasteiger partial charge in [-0.1, -0.05) is 23.7 Å². The lowest BCUT2D eigenvalue weighted by Gasteiger charge is -2.06. The van der Waals surface area contributed by atoms with Gasteiger partial charge in [-0.3, -0.25) is 4.79 Å². The summed E-state index contributed by atoms with van der Waals surface area (Å²) >= 11 is 7.62. The molecule has 0 saturated heterocycles. The molecule has 0 saturated carbocycles. The van der Waals surface area contributed by atoms with Crippen LogP contribution in [-0.2, 0) is 0 Å². The molecule has 94 valence electrons. The molecule has 0 radical (unpaired) electrons. The number of halogens is 1. The average molecular weight is 274 g/mol. The second-order valence-corrected chi connectivity index (χ2v) is 5.06. The number of thioether (sulfide) groups is 1. The molecule has 2 N–H and O–H groups in total. The highest BCUT2D eigenvalue weighted by atomic mass is 35.5. The van der Waals surface area contributed by atoms with Gasteiger partial charge in [0, 0.05) is 18.9 Å². The van der Waals surface area contributed by atoms with E-state index in [0.717, 1.165) is 17.9 Å². The van der Waals surface area contributed by atoms with Crippen molar-refractivity contribution < 1.29 is 9.90 Å². The molecule has 0 aliphatic carbocycles. The van der Waals surface area contributed by atoms with Crippen LogP contribution >= 0.6 is 23.4 Å². The van der Waals surface area contributed by atoms with E-state index in [1.165, 1.54) is 0 Å².